The Bertz CT molecular complexity index is 1110. The third-order valence-electron chi connectivity index (χ3n) is 3.66. The Morgan fingerprint density at radius 3 is 2.50 bits per heavy atom. The molecule has 0 N–H and O–H groups in total. The molecule has 0 bridgehead atoms. The van der Waals surface area contributed by atoms with Crippen LogP contribution in [-0.4, -0.2) is 20.5 Å². The van der Waals surface area contributed by atoms with E-state index in [1.807, 2.05) is 12.1 Å². The molecule has 0 saturated carbocycles. The number of nitro benzene ring substituents is 1. The van der Waals surface area contributed by atoms with Gasteiger partial charge in [0.05, 0.1) is 22.6 Å². The molecule has 26 heavy (non-hydrogen) atoms. The molecule has 9 heteroatoms. The van der Waals surface area contributed by atoms with Gasteiger partial charge in [-0.15, -0.1) is 0 Å². The van der Waals surface area contributed by atoms with Gasteiger partial charge in [-0.3, -0.25) is 10.1 Å². The van der Waals surface area contributed by atoms with E-state index in [9.17, 15) is 18.5 Å². The highest BCUT2D eigenvalue weighted by molar-refractivity contribution is 9.10. The molecular weight excluding hydrogens is 426 g/mol. The first-order chi connectivity index (χ1) is 12.3. The van der Waals surface area contributed by atoms with Crippen LogP contribution in [0.15, 0.2) is 64.0 Å². The number of rotatable bonds is 5. The monoisotopic (exact) mass is 437 g/mol. The maximum Gasteiger partial charge on any atom is 0.346 e. The molecule has 3 aromatic carbocycles. The van der Waals surface area contributed by atoms with Gasteiger partial charge < -0.3 is 8.92 Å². The molecule has 0 aromatic heterocycles. The van der Waals surface area contributed by atoms with Crippen molar-refractivity contribution in [3.05, 3.63) is 69.2 Å². The Balaban J connectivity index is 2.08. The van der Waals surface area contributed by atoms with Crippen LogP contribution >= 0.6 is 15.9 Å². The highest BCUT2D eigenvalue weighted by Gasteiger charge is 2.29. The Labute approximate surface area is 157 Å². The van der Waals surface area contributed by atoms with Crippen LogP contribution in [0.2, 0.25) is 0 Å². The molecule has 0 aliphatic heterocycles. The predicted molar refractivity (Wildman–Crippen MR) is 99.1 cm³/mol. The maximum atomic E-state index is 12.6. The minimum absolute atomic E-state index is 0.0359. The number of nitro groups is 1. The number of nitrogens with zero attached hydrogens (tertiary/aromatic N) is 1. The zero-order valence-corrected chi connectivity index (χ0v) is 15.8. The molecule has 3 aromatic rings. The highest BCUT2D eigenvalue weighted by atomic mass is 79.9. The van der Waals surface area contributed by atoms with Gasteiger partial charge in [-0.1, -0.05) is 30.3 Å². The third-order valence-corrected chi connectivity index (χ3v) is 5.76. The van der Waals surface area contributed by atoms with E-state index in [-0.39, 0.29) is 11.5 Å². The van der Waals surface area contributed by atoms with Crippen molar-refractivity contribution >= 4 is 42.5 Å². The normalized spacial score (nSPS) is 11.3. The van der Waals surface area contributed by atoms with E-state index >= 15 is 0 Å². The minimum atomic E-state index is -4.43. The summed E-state index contributed by atoms with van der Waals surface area (Å²) in [6, 6.07) is 14.0. The fraction of sp³-hybridized carbons (Fsp3) is 0.0588. The number of methoxy groups -OCH3 is 1. The number of halogens is 1. The lowest BCUT2D eigenvalue weighted by atomic mass is 10.1. The van der Waals surface area contributed by atoms with Crippen LogP contribution in [0, 0.1) is 10.1 Å². The van der Waals surface area contributed by atoms with Gasteiger partial charge in [0, 0.05) is 0 Å². The van der Waals surface area contributed by atoms with Crippen molar-refractivity contribution in [3.8, 4) is 11.5 Å². The van der Waals surface area contributed by atoms with E-state index in [0.29, 0.717) is 4.47 Å². The molecule has 0 heterocycles. The third kappa shape index (κ3) is 3.35. The van der Waals surface area contributed by atoms with Gasteiger partial charge in [0.25, 0.3) is 5.69 Å². The van der Waals surface area contributed by atoms with Gasteiger partial charge >= 0.3 is 10.1 Å². The summed E-state index contributed by atoms with van der Waals surface area (Å²) in [6.07, 6.45) is 0. The molecule has 0 spiro atoms. The van der Waals surface area contributed by atoms with Crippen LogP contribution < -0.4 is 8.92 Å². The first kappa shape index (κ1) is 18.2. The second kappa shape index (κ2) is 6.93. The molecule has 3 rings (SSSR count). The molecule has 0 fully saturated rings. The molecule has 0 unspecified atom stereocenters. The number of fused-ring (bicyclic) bond motifs is 1. The van der Waals surface area contributed by atoms with Crippen LogP contribution in [0.3, 0.4) is 0 Å². The maximum absolute atomic E-state index is 12.6. The molecule has 7 nitrogen and oxygen atoms in total. The molecule has 0 amide bonds. The second-order valence-electron chi connectivity index (χ2n) is 5.23. The lowest BCUT2D eigenvalue weighted by Gasteiger charge is -2.11. The Hall–Kier alpha value is -2.65. The fourth-order valence-corrected chi connectivity index (χ4v) is 4.19. The predicted octanol–water partition coefficient (Wildman–Crippen LogP) is 4.29. The Morgan fingerprint density at radius 2 is 1.81 bits per heavy atom. The molecular formula is C17H12BrNO6S. The standard InChI is InChI=1S/C17H12BrNO6S/c1-24-12-7-9-16(14(10-12)19(20)21)26(22,23)25-15-8-6-11-4-2-3-5-13(11)17(15)18/h2-10H,1H3. The van der Waals surface area contributed by atoms with Crippen LogP contribution in [0.4, 0.5) is 5.69 Å². The number of benzene rings is 3. The molecule has 0 saturated heterocycles. The quantitative estimate of drug-likeness (QED) is 0.335. The molecule has 134 valence electrons. The highest BCUT2D eigenvalue weighted by Crippen LogP contribution is 2.36. The Morgan fingerprint density at radius 1 is 1.08 bits per heavy atom. The summed E-state index contributed by atoms with van der Waals surface area (Å²) < 4.78 is 35.8. The zero-order chi connectivity index (χ0) is 18.9. The van der Waals surface area contributed by atoms with Crippen LogP contribution in [0.1, 0.15) is 0 Å². The van der Waals surface area contributed by atoms with E-state index in [0.717, 1.165) is 22.9 Å². The van der Waals surface area contributed by atoms with Crippen molar-refractivity contribution in [2.75, 3.05) is 7.11 Å². The minimum Gasteiger partial charge on any atom is -0.497 e. The van der Waals surface area contributed by atoms with Gasteiger partial charge in [0.15, 0.2) is 10.6 Å². The molecule has 0 aliphatic carbocycles. The molecule has 0 aliphatic rings. The van der Waals surface area contributed by atoms with Gasteiger partial charge in [0.1, 0.15) is 5.75 Å². The SMILES string of the molecule is COc1ccc(S(=O)(=O)Oc2ccc3ccccc3c2Br)c([N+](=O)[O-])c1. The lowest BCUT2D eigenvalue weighted by molar-refractivity contribution is -0.388. The first-order valence-corrected chi connectivity index (χ1v) is 9.48. The van der Waals surface area contributed by atoms with Crippen molar-refractivity contribution in [1.29, 1.82) is 0 Å². The molecule has 0 atom stereocenters. The average molecular weight is 438 g/mol. The van der Waals surface area contributed by atoms with Gasteiger partial charge in [-0.25, -0.2) is 0 Å². The largest absolute Gasteiger partial charge is 0.497 e. The fourth-order valence-electron chi connectivity index (χ4n) is 2.42. The van der Waals surface area contributed by atoms with Crippen molar-refractivity contribution in [2.24, 2.45) is 0 Å². The van der Waals surface area contributed by atoms with Crippen molar-refractivity contribution in [2.45, 2.75) is 4.90 Å². The number of hydrogen-bond donors (Lipinski definition) is 0. The number of ether oxygens (including phenoxy) is 1. The van der Waals surface area contributed by atoms with Gasteiger partial charge in [0.2, 0.25) is 0 Å². The Kier molecular flexibility index (Phi) is 4.84. The summed E-state index contributed by atoms with van der Waals surface area (Å²) in [4.78, 5) is 9.90. The number of hydrogen-bond acceptors (Lipinski definition) is 6. The van der Waals surface area contributed by atoms with Crippen LogP contribution in [0.25, 0.3) is 10.8 Å². The van der Waals surface area contributed by atoms with Crippen molar-refractivity contribution in [3.63, 3.8) is 0 Å². The van der Waals surface area contributed by atoms with Crippen molar-refractivity contribution in [1.82, 2.24) is 0 Å². The first-order valence-electron chi connectivity index (χ1n) is 7.27. The summed E-state index contributed by atoms with van der Waals surface area (Å²) >= 11 is 3.33. The average Bonchev–Trinajstić information content (AvgIpc) is 2.63. The summed E-state index contributed by atoms with van der Waals surface area (Å²) in [5.74, 6) is 0.205. The lowest BCUT2D eigenvalue weighted by Crippen LogP contribution is -2.12. The van der Waals surface area contributed by atoms with E-state index in [4.69, 9.17) is 8.92 Å². The van der Waals surface area contributed by atoms with Crippen LogP contribution in [0.5, 0.6) is 11.5 Å². The summed E-state index contributed by atoms with van der Waals surface area (Å²) in [5.41, 5.74) is -0.624. The van der Waals surface area contributed by atoms with Gasteiger partial charge in [-0.05, 0) is 44.9 Å². The van der Waals surface area contributed by atoms with Gasteiger partial charge in [-0.2, -0.15) is 8.42 Å². The summed E-state index contributed by atoms with van der Waals surface area (Å²) in [7, 11) is -3.10. The van der Waals surface area contributed by atoms with E-state index in [1.165, 1.54) is 19.2 Å². The topological polar surface area (TPSA) is 95.7 Å². The van der Waals surface area contributed by atoms with Crippen LogP contribution in [-0.2, 0) is 10.1 Å². The zero-order valence-electron chi connectivity index (χ0n) is 13.4. The van der Waals surface area contributed by atoms with Crippen molar-refractivity contribution < 1.29 is 22.3 Å². The second-order valence-corrected chi connectivity index (χ2v) is 7.53. The van der Waals surface area contributed by atoms with E-state index in [2.05, 4.69) is 15.9 Å². The smallest absolute Gasteiger partial charge is 0.346 e. The summed E-state index contributed by atoms with van der Waals surface area (Å²) in [5, 5.41) is 12.9. The van der Waals surface area contributed by atoms with E-state index < -0.39 is 25.6 Å². The summed E-state index contributed by atoms with van der Waals surface area (Å²) in [6.45, 7) is 0. The molecule has 0 radical (unpaired) electrons. The van der Waals surface area contributed by atoms with E-state index in [1.54, 1.807) is 18.2 Å².